The van der Waals surface area contributed by atoms with Crippen molar-refractivity contribution in [1.29, 1.82) is 0 Å². The van der Waals surface area contributed by atoms with Crippen LogP contribution in [-0.4, -0.2) is 26.7 Å². The van der Waals surface area contributed by atoms with Gasteiger partial charge in [0.25, 0.3) is 0 Å². The van der Waals surface area contributed by atoms with Gasteiger partial charge in [-0.3, -0.25) is 4.79 Å². The maximum atomic E-state index is 12.8. The van der Waals surface area contributed by atoms with Gasteiger partial charge in [-0.05, 0) is 36.3 Å². The molecule has 1 N–H and O–H groups in total. The van der Waals surface area contributed by atoms with E-state index in [4.69, 9.17) is 9.47 Å². The molecule has 4 nitrogen and oxygen atoms in total. The molecule has 0 heterocycles. The molecule has 0 spiro atoms. The minimum Gasteiger partial charge on any atom is -0.493 e. The summed E-state index contributed by atoms with van der Waals surface area (Å²) in [7, 11) is 3.12. The van der Waals surface area contributed by atoms with Crippen LogP contribution in [0.4, 0.5) is 4.39 Å². The Kier molecular flexibility index (Phi) is 6.37. The molecular weight excluding hydrogens is 309 g/mol. The Hall–Kier alpha value is -2.82. The summed E-state index contributed by atoms with van der Waals surface area (Å²) in [6, 6.07) is 11.7. The van der Waals surface area contributed by atoms with Crippen LogP contribution in [0.5, 0.6) is 11.5 Å². The number of carbonyl (C=O) groups excluding carboxylic acids is 1. The van der Waals surface area contributed by atoms with Gasteiger partial charge >= 0.3 is 0 Å². The minimum atomic E-state index is -0.266. The summed E-state index contributed by atoms with van der Waals surface area (Å²) in [6.45, 7) is 0.476. The standard InChI is InChI=1S/C19H20FNO3/c1-23-17-5-3-4-15(19(17)24-2)8-11-18(22)21-13-12-14-6-9-16(20)10-7-14/h3-11H,12-13H2,1-2H3,(H,21,22)/b11-8+. The van der Waals surface area contributed by atoms with Crippen molar-refractivity contribution >= 4 is 12.0 Å². The van der Waals surface area contributed by atoms with Gasteiger partial charge in [0.05, 0.1) is 14.2 Å². The maximum Gasteiger partial charge on any atom is 0.244 e. The highest BCUT2D eigenvalue weighted by atomic mass is 19.1. The zero-order chi connectivity index (χ0) is 17.4. The molecule has 2 aromatic carbocycles. The number of hydrogen-bond donors (Lipinski definition) is 1. The summed E-state index contributed by atoms with van der Waals surface area (Å²) < 4.78 is 23.3. The van der Waals surface area contributed by atoms with Crippen molar-refractivity contribution in [2.75, 3.05) is 20.8 Å². The number of amides is 1. The molecule has 0 bridgehead atoms. The van der Waals surface area contributed by atoms with Crippen LogP contribution >= 0.6 is 0 Å². The van der Waals surface area contributed by atoms with Gasteiger partial charge in [-0.15, -0.1) is 0 Å². The molecule has 1 amide bonds. The predicted molar refractivity (Wildman–Crippen MR) is 91.7 cm³/mol. The molecule has 5 heteroatoms. The van der Waals surface area contributed by atoms with Gasteiger partial charge in [0.1, 0.15) is 5.82 Å². The van der Waals surface area contributed by atoms with Crippen LogP contribution in [0.2, 0.25) is 0 Å². The third-order valence-corrected chi connectivity index (χ3v) is 3.47. The lowest BCUT2D eigenvalue weighted by molar-refractivity contribution is -0.116. The Morgan fingerprint density at radius 3 is 2.54 bits per heavy atom. The monoisotopic (exact) mass is 329 g/mol. The fourth-order valence-corrected chi connectivity index (χ4v) is 2.25. The second kappa shape index (κ2) is 8.72. The number of halogens is 1. The van der Waals surface area contributed by atoms with E-state index in [1.807, 2.05) is 12.1 Å². The van der Waals surface area contributed by atoms with Gasteiger partial charge in [0, 0.05) is 18.2 Å². The lowest BCUT2D eigenvalue weighted by atomic mass is 10.1. The number of hydrogen-bond acceptors (Lipinski definition) is 3. The smallest absolute Gasteiger partial charge is 0.244 e. The number of benzene rings is 2. The first kappa shape index (κ1) is 17.5. The van der Waals surface area contributed by atoms with E-state index in [1.54, 1.807) is 38.5 Å². The Morgan fingerprint density at radius 2 is 1.88 bits per heavy atom. The Balaban J connectivity index is 1.90. The van der Waals surface area contributed by atoms with E-state index in [0.29, 0.717) is 24.5 Å². The normalized spacial score (nSPS) is 10.6. The molecule has 24 heavy (non-hydrogen) atoms. The molecule has 0 radical (unpaired) electrons. The second-order valence-electron chi connectivity index (χ2n) is 5.08. The number of nitrogens with one attached hydrogen (secondary N) is 1. The van der Waals surface area contributed by atoms with E-state index < -0.39 is 0 Å². The van der Waals surface area contributed by atoms with Crippen LogP contribution in [0.3, 0.4) is 0 Å². The molecule has 2 rings (SSSR count). The lowest BCUT2D eigenvalue weighted by Crippen LogP contribution is -2.23. The molecule has 126 valence electrons. The summed E-state index contributed by atoms with van der Waals surface area (Å²) >= 11 is 0. The molecule has 0 atom stereocenters. The van der Waals surface area contributed by atoms with E-state index in [9.17, 15) is 9.18 Å². The highest BCUT2D eigenvalue weighted by molar-refractivity contribution is 5.92. The summed E-state index contributed by atoms with van der Waals surface area (Å²) in [5.74, 6) is 0.715. The number of carbonyl (C=O) groups is 1. The molecular formula is C19H20FNO3. The van der Waals surface area contributed by atoms with E-state index in [2.05, 4.69) is 5.32 Å². The average molecular weight is 329 g/mol. The van der Waals surface area contributed by atoms with Crippen molar-refractivity contribution in [2.24, 2.45) is 0 Å². The number of methoxy groups -OCH3 is 2. The lowest BCUT2D eigenvalue weighted by Gasteiger charge is -2.09. The topological polar surface area (TPSA) is 47.6 Å². The number of ether oxygens (including phenoxy) is 2. The molecule has 0 saturated heterocycles. The van der Waals surface area contributed by atoms with Crippen LogP contribution < -0.4 is 14.8 Å². The van der Waals surface area contributed by atoms with Gasteiger partial charge in [-0.25, -0.2) is 4.39 Å². The Morgan fingerprint density at radius 1 is 1.12 bits per heavy atom. The van der Waals surface area contributed by atoms with Crippen molar-refractivity contribution < 1.29 is 18.7 Å². The molecule has 0 fully saturated rings. The molecule has 0 aromatic heterocycles. The van der Waals surface area contributed by atoms with Crippen molar-refractivity contribution in [3.05, 3.63) is 65.5 Å². The van der Waals surface area contributed by atoms with Crippen molar-refractivity contribution in [1.82, 2.24) is 5.32 Å². The van der Waals surface area contributed by atoms with Crippen molar-refractivity contribution in [2.45, 2.75) is 6.42 Å². The van der Waals surface area contributed by atoms with Crippen molar-refractivity contribution in [3.63, 3.8) is 0 Å². The molecule has 0 aliphatic heterocycles. The van der Waals surface area contributed by atoms with E-state index in [1.165, 1.54) is 18.2 Å². The largest absolute Gasteiger partial charge is 0.493 e. The molecule has 0 aliphatic rings. The fourth-order valence-electron chi connectivity index (χ4n) is 2.25. The molecule has 0 saturated carbocycles. The number of para-hydroxylation sites is 1. The average Bonchev–Trinajstić information content (AvgIpc) is 2.61. The van der Waals surface area contributed by atoms with Crippen LogP contribution in [0.15, 0.2) is 48.5 Å². The van der Waals surface area contributed by atoms with Gasteiger partial charge in [-0.1, -0.05) is 24.3 Å². The molecule has 2 aromatic rings. The highest BCUT2D eigenvalue weighted by Crippen LogP contribution is 2.31. The van der Waals surface area contributed by atoms with E-state index >= 15 is 0 Å². The Labute approximate surface area is 140 Å². The van der Waals surface area contributed by atoms with E-state index in [-0.39, 0.29) is 11.7 Å². The van der Waals surface area contributed by atoms with Gasteiger partial charge in [0.2, 0.25) is 5.91 Å². The van der Waals surface area contributed by atoms with E-state index in [0.717, 1.165) is 11.1 Å². The van der Waals surface area contributed by atoms with Crippen LogP contribution in [-0.2, 0) is 11.2 Å². The second-order valence-corrected chi connectivity index (χ2v) is 5.08. The fraction of sp³-hybridized carbons (Fsp3) is 0.211. The summed E-state index contributed by atoms with van der Waals surface area (Å²) in [5.41, 5.74) is 1.72. The van der Waals surface area contributed by atoms with Gasteiger partial charge in [0.15, 0.2) is 11.5 Å². The highest BCUT2D eigenvalue weighted by Gasteiger charge is 2.07. The van der Waals surface area contributed by atoms with Gasteiger partial charge < -0.3 is 14.8 Å². The zero-order valence-corrected chi connectivity index (χ0v) is 13.7. The summed E-state index contributed by atoms with van der Waals surface area (Å²) in [4.78, 5) is 11.9. The first-order valence-corrected chi connectivity index (χ1v) is 7.55. The summed E-state index contributed by atoms with van der Waals surface area (Å²) in [5, 5.41) is 2.79. The predicted octanol–water partition coefficient (Wildman–Crippen LogP) is 3.22. The Bertz CT molecular complexity index is 711. The third kappa shape index (κ3) is 4.84. The SMILES string of the molecule is COc1cccc(/C=C/C(=O)NCCc2ccc(F)cc2)c1OC. The first-order valence-electron chi connectivity index (χ1n) is 7.55. The molecule has 0 unspecified atom stereocenters. The van der Waals surface area contributed by atoms with Crippen LogP contribution in [0.25, 0.3) is 6.08 Å². The minimum absolute atomic E-state index is 0.206. The summed E-state index contributed by atoms with van der Waals surface area (Å²) in [6.07, 6.45) is 3.76. The first-order chi connectivity index (χ1) is 11.6. The number of rotatable bonds is 7. The quantitative estimate of drug-likeness (QED) is 0.794. The van der Waals surface area contributed by atoms with Crippen molar-refractivity contribution in [3.8, 4) is 11.5 Å². The third-order valence-electron chi connectivity index (χ3n) is 3.47. The van der Waals surface area contributed by atoms with Crippen LogP contribution in [0.1, 0.15) is 11.1 Å². The van der Waals surface area contributed by atoms with Gasteiger partial charge in [-0.2, -0.15) is 0 Å². The zero-order valence-electron chi connectivity index (χ0n) is 13.7. The molecule has 0 aliphatic carbocycles. The van der Waals surface area contributed by atoms with Crippen LogP contribution in [0, 0.1) is 5.82 Å². The maximum absolute atomic E-state index is 12.8.